The highest BCUT2D eigenvalue weighted by Crippen LogP contribution is 2.51. The smallest absolute Gasteiger partial charge is 0.126 e. The minimum absolute atomic E-state index is 0.0682. The summed E-state index contributed by atoms with van der Waals surface area (Å²) in [6, 6.07) is 7.55. The molecule has 1 aromatic carbocycles. The summed E-state index contributed by atoms with van der Waals surface area (Å²) in [7, 11) is 0. The predicted octanol–water partition coefficient (Wildman–Crippen LogP) is 2.23. The van der Waals surface area contributed by atoms with Gasteiger partial charge in [0.15, 0.2) is 0 Å². The van der Waals surface area contributed by atoms with E-state index >= 15 is 0 Å². The molecule has 0 aromatic heterocycles. The SMILES string of the molecule is Fc1ccccc1C[C@H]1N2CCC(CC2)[C@]12CO2. The molecule has 0 unspecified atom stereocenters. The van der Waals surface area contributed by atoms with E-state index in [0.717, 1.165) is 31.7 Å². The molecule has 96 valence electrons. The van der Waals surface area contributed by atoms with Crippen molar-refractivity contribution in [1.29, 1.82) is 0 Å². The number of hydrogen-bond donors (Lipinski definition) is 0. The molecular formula is C15H18FNO. The number of rotatable bonds is 2. The van der Waals surface area contributed by atoms with Gasteiger partial charge in [0.2, 0.25) is 0 Å². The summed E-state index contributed by atoms with van der Waals surface area (Å²) in [5.74, 6) is 0.634. The van der Waals surface area contributed by atoms with Crippen LogP contribution in [0.25, 0.3) is 0 Å². The summed E-state index contributed by atoms with van der Waals surface area (Å²) in [5, 5.41) is 0. The maximum absolute atomic E-state index is 13.8. The van der Waals surface area contributed by atoms with Gasteiger partial charge in [-0.2, -0.15) is 0 Å². The molecule has 1 spiro atoms. The van der Waals surface area contributed by atoms with Crippen molar-refractivity contribution in [2.45, 2.75) is 30.9 Å². The highest BCUT2D eigenvalue weighted by molar-refractivity contribution is 5.23. The summed E-state index contributed by atoms with van der Waals surface area (Å²) in [5.41, 5.74) is 0.906. The van der Waals surface area contributed by atoms with Gasteiger partial charge in [-0.05, 0) is 49.9 Å². The van der Waals surface area contributed by atoms with Crippen LogP contribution in [0.3, 0.4) is 0 Å². The molecule has 0 saturated carbocycles. The lowest BCUT2D eigenvalue weighted by molar-refractivity contribution is -0.0319. The van der Waals surface area contributed by atoms with Gasteiger partial charge < -0.3 is 4.74 Å². The molecule has 0 radical (unpaired) electrons. The van der Waals surface area contributed by atoms with Crippen molar-refractivity contribution in [3.05, 3.63) is 35.6 Å². The van der Waals surface area contributed by atoms with E-state index in [2.05, 4.69) is 4.90 Å². The molecule has 4 fully saturated rings. The lowest BCUT2D eigenvalue weighted by Crippen LogP contribution is -2.61. The van der Waals surface area contributed by atoms with Gasteiger partial charge in [0.05, 0.1) is 6.61 Å². The van der Waals surface area contributed by atoms with Crippen LogP contribution in [0.4, 0.5) is 4.39 Å². The third-order valence-corrected chi connectivity index (χ3v) is 5.07. The fourth-order valence-corrected chi connectivity index (χ4v) is 3.97. The van der Waals surface area contributed by atoms with Crippen molar-refractivity contribution < 1.29 is 9.13 Å². The summed E-state index contributed by atoms with van der Waals surface area (Å²) >= 11 is 0. The number of benzene rings is 1. The summed E-state index contributed by atoms with van der Waals surface area (Å²) < 4.78 is 19.6. The lowest BCUT2D eigenvalue weighted by atomic mass is 9.72. The van der Waals surface area contributed by atoms with Gasteiger partial charge in [-0.25, -0.2) is 4.39 Å². The van der Waals surface area contributed by atoms with Gasteiger partial charge in [0, 0.05) is 6.04 Å². The molecule has 0 amide bonds. The van der Waals surface area contributed by atoms with E-state index in [1.807, 2.05) is 12.1 Å². The molecular weight excluding hydrogens is 229 g/mol. The van der Waals surface area contributed by atoms with Crippen LogP contribution in [-0.4, -0.2) is 36.2 Å². The van der Waals surface area contributed by atoms with Gasteiger partial charge in [0.1, 0.15) is 11.4 Å². The molecule has 2 atom stereocenters. The van der Waals surface area contributed by atoms with Gasteiger partial charge in [-0.1, -0.05) is 18.2 Å². The number of nitrogens with zero attached hydrogens (tertiary/aromatic N) is 1. The molecule has 0 aliphatic carbocycles. The van der Waals surface area contributed by atoms with Crippen molar-refractivity contribution in [2.24, 2.45) is 5.92 Å². The third-order valence-electron chi connectivity index (χ3n) is 5.07. The molecule has 4 aliphatic rings. The lowest BCUT2D eigenvalue weighted by Gasteiger charge is -2.50. The van der Waals surface area contributed by atoms with Crippen LogP contribution in [-0.2, 0) is 11.2 Å². The maximum Gasteiger partial charge on any atom is 0.126 e. The third kappa shape index (κ3) is 1.47. The zero-order valence-electron chi connectivity index (χ0n) is 10.4. The van der Waals surface area contributed by atoms with E-state index in [0.29, 0.717) is 12.0 Å². The number of halogens is 1. The Morgan fingerprint density at radius 2 is 2.00 bits per heavy atom. The van der Waals surface area contributed by atoms with E-state index in [1.165, 1.54) is 12.8 Å². The van der Waals surface area contributed by atoms with Gasteiger partial charge in [-0.15, -0.1) is 0 Å². The Bertz CT molecular complexity index is 463. The minimum Gasteiger partial charge on any atom is -0.368 e. The van der Waals surface area contributed by atoms with Crippen molar-refractivity contribution in [1.82, 2.24) is 4.90 Å². The number of piperidine rings is 3. The van der Waals surface area contributed by atoms with E-state index in [4.69, 9.17) is 4.74 Å². The quantitative estimate of drug-likeness (QED) is 0.745. The number of epoxide rings is 1. The number of hydrogen-bond acceptors (Lipinski definition) is 2. The van der Waals surface area contributed by atoms with Crippen molar-refractivity contribution in [2.75, 3.05) is 19.7 Å². The maximum atomic E-state index is 13.8. The van der Waals surface area contributed by atoms with Crippen molar-refractivity contribution >= 4 is 0 Å². The average molecular weight is 247 g/mol. The van der Waals surface area contributed by atoms with Crippen LogP contribution in [0.2, 0.25) is 0 Å². The Morgan fingerprint density at radius 3 is 2.67 bits per heavy atom. The Labute approximate surface area is 107 Å². The zero-order chi connectivity index (χ0) is 12.2. The van der Waals surface area contributed by atoms with E-state index in [-0.39, 0.29) is 11.4 Å². The van der Waals surface area contributed by atoms with Crippen LogP contribution in [0, 0.1) is 11.7 Å². The zero-order valence-corrected chi connectivity index (χ0v) is 10.4. The molecule has 5 rings (SSSR count). The highest BCUT2D eigenvalue weighted by atomic mass is 19.1. The standard InChI is InChI=1S/C15H18FNO/c16-13-4-2-1-3-11(13)9-14-15(10-18-15)12-5-7-17(14)8-6-12/h1-4,12,14H,5-10H2/t14-,15-/m1/s1. The second kappa shape index (κ2) is 3.78. The van der Waals surface area contributed by atoms with Crippen LogP contribution in [0.15, 0.2) is 24.3 Å². The molecule has 0 N–H and O–H groups in total. The van der Waals surface area contributed by atoms with Crippen LogP contribution in [0.5, 0.6) is 0 Å². The van der Waals surface area contributed by atoms with E-state index in [1.54, 1.807) is 12.1 Å². The Balaban J connectivity index is 1.63. The monoisotopic (exact) mass is 247 g/mol. The highest BCUT2D eigenvalue weighted by Gasteiger charge is 2.62. The van der Waals surface area contributed by atoms with Crippen LogP contribution in [0.1, 0.15) is 18.4 Å². The van der Waals surface area contributed by atoms with E-state index < -0.39 is 0 Å². The minimum atomic E-state index is -0.0732. The molecule has 4 heterocycles. The van der Waals surface area contributed by atoms with Crippen LogP contribution >= 0.6 is 0 Å². The Kier molecular flexibility index (Phi) is 2.30. The van der Waals surface area contributed by atoms with Gasteiger partial charge >= 0.3 is 0 Å². The van der Waals surface area contributed by atoms with Crippen molar-refractivity contribution in [3.63, 3.8) is 0 Å². The molecule has 4 aliphatic heterocycles. The first kappa shape index (κ1) is 10.9. The summed E-state index contributed by atoms with van der Waals surface area (Å²) in [6.07, 6.45) is 3.31. The predicted molar refractivity (Wildman–Crippen MR) is 66.9 cm³/mol. The molecule has 2 bridgehead atoms. The van der Waals surface area contributed by atoms with Gasteiger partial charge in [-0.3, -0.25) is 4.90 Å². The Hall–Kier alpha value is -0.930. The fraction of sp³-hybridized carbons (Fsp3) is 0.600. The molecule has 1 aromatic rings. The summed E-state index contributed by atoms with van der Waals surface area (Å²) in [6.45, 7) is 3.21. The molecule has 3 heteroatoms. The second-order valence-electron chi connectivity index (χ2n) is 5.87. The second-order valence-corrected chi connectivity index (χ2v) is 5.87. The molecule has 4 saturated heterocycles. The first-order valence-corrected chi connectivity index (χ1v) is 6.91. The molecule has 18 heavy (non-hydrogen) atoms. The Morgan fingerprint density at radius 1 is 1.28 bits per heavy atom. The largest absolute Gasteiger partial charge is 0.368 e. The first-order chi connectivity index (χ1) is 8.79. The summed E-state index contributed by atoms with van der Waals surface area (Å²) in [4.78, 5) is 2.51. The fourth-order valence-electron chi connectivity index (χ4n) is 3.97. The van der Waals surface area contributed by atoms with Crippen LogP contribution < -0.4 is 0 Å². The first-order valence-electron chi connectivity index (χ1n) is 6.91. The van der Waals surface area contributed by atoms with Crippen molar-refractivity contribution in [3.8, 4) is 0 Å². The topological polar surface area (TPSA) is 15.8 Å². The number of fused-ring (bicyclic) bond motifs is 2. The normalized spacial score (nSPS) is 41.3. The van der Waals surface area contributed by atoms with Gasteiger partial charge in [0.25, 0.3) is 0 Å². The number of ether oxygens (including phenoxy) is 1. The molecule has 2 nitrogen and oxygen atoms in total. The average Bonchev–Trinajstić information content (AvgIpc) is 3.18. The van der Waals surface area contributed by atoms with E-state index in [9.17, 15) is 4.39 Å².